The number of nitrogens with zero attached hydrogens (tertiary/aromatic N) is 2. The van der Waals surface area contributed by atoms with E-state index in [0.717, 1.165) is 11.1 Å². The molecule has 9 heteroatoms. The molecular formula is C30H24N2O7. The number of hydrogen-bond acceptors (Lipinski definition) is 8. The van der Waals surface area contributed by atoms with Crippen LogP contribution in [0.5, 0.6) is 23.0 Å². The smallest absolute Gasteiger partial charge is 0.240 e. The second-order valence-corrected chi connectivity index (χ2v) is 9.82. The van der Waals surface area contributed by atoms with Crippen LogP contribution in [-0.4, -0.2) is 49.6 Å². The molecule has 3 aromatic rings. The van der Waals surface area contributed by atoms with Crippen molar-refractivity contribution >= 4 is 29.4 Å². The van der Waals surface area contributed by atoms with Crippen molar-refractivity contribution in [3.8, 4) is 23.0 Å². The number of methoxy groups -OCH3 is 2. The number of benzene rings is 3. The van der Waals surface area contributed by atoms with E-state index in [1.807, 2.05) is 41.4 Å². The molecule has 3 aromatic carbocycles. The molecule has 0 saturated carbocycles. The Morgan fingerprint density at radius 2 is 1.64 bits per heavy atom. The minimum Gasteiger partial charge on any atom is -0.493 e. The van der Waals surface area contributed by atoms with E-state index in [4.69, 9.17) is 18.9 Å². The first-order valence-electron chi connectivity index (χ1n) is 12.6. The van der Waals surface area contributed by atoms with Gasteiger partial charge in [-0.2, -0.15) is 0 Å². The third-order valence-corrected chi connectivity index (χ3v) is 8.01. The van der Waals surface area contributed by atoms with Crippen LogP contribution in [0.2, 0.25) is 0 Å². The van der Waals surface area contributed by atoms with Crippen molar-refractivity contribution in [3.05, 3.63) is 83.6 Å². The van der Waals surface area contributed by atoms with Gasteiger partial charge >= 0.3 is 0 Å². The van der Waals surface area contributed by atoms with E-state index in [0.29, 0.717) is 34.2 Å². The highest BCUT2D eigenvalue weighted by Crippen LogP contribution is 2.54. The van der Waals surface area contributed by atoms with Gasteiger partial charge in [-0.05, 0) is 47.5 Å². The Labute approximate surface area is 224 Å². The van der Waals surface area contributed by atoms with Crippen molar-refractivity contribution in [2.75, 3.05) is 25.9 Å². The molecule has 9 nitrogen and oxygen atoms in total. The number of imide groups is 1. The molecule has 39 heavy (non-hydrogen) atoms. The summed E-state index contributed by atoms with van der Waals surface area (Å²) in [6.07, 6.45) is 3.76. The topological polar surface area (TPSA) is 94.6 Å². The predicted octanol–water partition coefficient (Wildman–Crippen LogP) is 3.83. The fourth-order valence-electron chi connectivity index (χ4n) is 6.30. The van der Waals surface area contributed by atoms with Gasteiger partial charge in [-0.15, -0.1) is 0 Å². The lowest BCUT2D eigenvalue weighted by Crippen LogP contribution is -2.44. The van der Waals surface area contributed by atoms with E-state index in [1.54, 1.807) is 36.4 Å². The highest BCUT2D eigenvalue weighted by molar-refractivity contribution is 6.24. The van der Waals surface area contributed by atoms with Crippen LogP contribution >= 0.6 is 0 Å². The van der Waals surface area contributed by atoms with E-state index < -0.39 is 29.8 Å². The standard InChI is InChI=1S/C30H24N2O7/c1-36-20-9-7-17(13-22(20)37-2)28(33)27-25-24(26-19-6-4-3-5-16(19)11-12-31(26)27)29(34)32(30(25)35)18-8-10-21-23(14-18)39-15-38-21/h3-14,24-27H,15H2,1-2H3/t24-,25-,26+,27+/m0/s1. The molecule has 2 amide bonds. The number of hydrogen-bond donors (Lipinski definition) is 0. The fourth-order valence-corrected chi connectivity index (χ4v) is 6.30. The van der Waals surface area contributed by atoms with Crippen LogP contribution in [0, 0.1) is 11.8 Å². The van der Waals surface area contributed by atoms with Gasteiger partial charge in [0.25, 0.3) is 0 Å². The lowest BCUT2D eigenvalue weighted by molar-refractivity contribution is -0.123. The molecule has 0 unspecified atom stereocenters. The first-order chi connectivity index (χ1) is 19.0. The fraction of sp³-hybridized carbons (Fsp3) is 0.233. The lowest BCUT2D eigenvalue weighted by Gasteiger charge is -2.35. The SMILES string of the molecule is COc1ccc(C(=O)[C@H]2[C@H]3C(=O)N(c4ccc5c(c4)OCO5)C(=O)[C@@H]3[C@H]3c4ccccc4C=CN32)cc1OC. The van der Waals surface area contributed by atoms with Crippen LogP contribution in [0.4, 0.5) is 5.69 Å². The van der Waals surface area contributed by atoms with Crippen LogP contribution in [0.3, 0.4) is 0 Å². The van der Waals surface area contributed by atoms with Crippen LogP contribution in [-0.2, 0) is 9.59 Å². The summed E-state index contributed by atoms with van der Waals surface area (Å²) >= 11 is 0. The first-order valence-corrected chi connectivity index (χ1v) is 12.6. The molecule has 4 aliphatic heterocycles. The number of carbonyl (C=O) groups is 3. The van der Waals surface area contributed by atoms with Crippen molar-refractivity contribution in [2.45, 2.75) is 12.1 Å². The van der Waals surface area contributed by atoms with Crippen molar-refractivity contribution in [1.82, 2.24) is 4.90 Å². The molecule has 4 aliphatic rings. The zero-order valence-corrected chi connectivity index (χ0v) is 21.2. The first kappa shape index (κ1) is 23.3. The summed E-state index contributed by atoms with van der Waals surface area (Å²) in [5.74, 6) is -0.741. The summed E-state index contributed by atoms with van der Waals surface area (Å²) in [6, 6.07) is 16.3. The zero-order valence-electron chi connectivity index (χ0n) is 21.2. The molecule has 0 spiro atoms. The summed E-state index contributed by atoms with van der Waals surface area (Å²) in [5, 5.41) is 0. The molecule has 0 N–H and O–H groups in total. The van der Waals surface area contributed by atoms with Crippen molar-refractivity contribution in [3.63, 3.8) is 0 Å². The maximum absolute atomic E-state index is 14.2. The zero-order chi connectivity index (χ0) is 26.8. The Morgan fingerprint density at radius 1 is 0.872 bits per heavy atom. The van der Waals surface area contributed by atoms with E-state index in [-0.39, 0.29) is 18.5 Å². The Balaban J connectivity index is 1.35. The van der Waals surface area contributed by atoms with Gasteiger partial charge in [0.05, 0.1) is 37.8 Å². The van der Waals surface area contributed by atoms with Gasteiger partial charge in [0.1, 0.15) is 6.04 Å². The van der Waals surface area contributed by atoms with Crippen molar-refractivity contribution in [2.24, 2.45) is 11.8 Å². The van der Waals surface area contributed by atoms with Gasteiger partial charge in [0.15, 0.2) is 28.8 Å². The summed E-state index contributed by atoms with van der Waals surface area (Å²) in [6.45, 7) is 0.0774. The molecule has 0 aliphatic carbocycles. The molecule has 4 atom stereocenters. The average Bonchev–Trinajstić information content (AvgIpc) is 3.64. The van der Waals surface area contributed by atoms with E-state index in [1.165, 1.54) is 19.1 Å². The van der Waals surface area contributed by atoms with Crippen molar-refractivity contribution in [1.29, 1.82) is 0 Å². The second-order valence-electron chi connectivity index (χ2n) is 9.82. The number of rotatable bonds is 5. The Hall–Kier alpha value is -4.79. The molecule has 2 fully saturated rings. The minimum absolute atomic E-state index is 0.0774. The number of ether oxygens (including phenoxy) is 4. The largest absolute Gasteiger partial charge is 0.493 e. The van der Waals surface area contributed by atoms with Gasteiger partial charge in [-0.25, -0.2) is 4.90 Å². The monoisotopic (exact) mass is 524 g/mol. The van der Waals surface area contributed by atoms with Gasteiger partial charge < -0.3 is 23.8 Å². The summed E-state index contributed by atoms with van der Waals surface area (Å²) < 4.78 is 21.6. The van der Waals surface area contributed by atoms with Gasteiger partial charge in [0, 0.05) is 17.8 Å². The number of amides is 2. The predicted molar refractivity (Wildman–Crippen MR) is 140 cm³/mol. The molecule has 7 rings (SSSR count). The molecule has 2 saturated heterocycles. The normalized spacial score (nSPS) is 23.9. The quantitative estimate of drug-likeness (QED) is 0.367. The number of fused-ring (bicyclic) bond motifs is 6. The van der Waals surface area contributed by atoms with E-state index in [9.17, 15) is 14.4 Å². The number of anilines is 1. The lowest BCUT2D eigenvalue weighted by atomic mass is 9.83. The maximum atomic E-state index is 14.2. The maximum Gasteiger partial charge on any atom is 0.240 e. The third-order valence-electron chi connectivity index (χ3n) is 8.01. The average molecular weight is 525 g/mol. The van der Waals surface area contributed by atoms with Crippen LogP contribution < -0.4 is 23.8 Å². The van der Waals surface area contributed by atoms with E-state index >= 15 is 0 Å². The van der Waals surface area contributed by atoms with Gasteiger partial charge in [0.2, 0.25) is 18.6 Å². The van der Waals surface area contributed by atoms with Gasteiger partial charge in [-0.1, -0.05) is 24.3 Å². The summed E-state index contributed by atoms with van der Waals surface area (Å²) in [7, 11) is 3.02. The highest BCUT2D eigenvalue weighted by atomic mass is 16.7. The Morgan fingerprint density at radius 3 is 2.46 bits per heavy atom. The summed E-state index contributed by atoms with van der Waals surface area (Å²) in [4.78, 5) is 45.5. The van der Waals surface area contributed by atoms with E-state index in [2.05, 4.69) is 0 Å². The molecule has 4 heterocycles. The molecule has 0 bridgehead atoms. The van der Waals surface area contributed by atoms with Crippen LogP contribution in [0.25, 0.3) is 6.08 Å². The number of Topliss-reactive ketones (excluding diaryl/α,β-unsaturated/α-hetero) is 1. The molecule has 0 aromatic heterocycles. The Kier molecular flexibility index (Phi) is 5.16. The van der Waals surface area contributed by atoms with Crippen molar-refractivity contribution < 1.29 is 33.3 Å². The minimum atomic E-state index is -0.891. The second kappa shape index (κ2) is 8.62. The Bertz CT molecular complexity index is 1580. The highest BCUT2D eigenvalue weighted by Gasteiger charge is 2.64. The van der Waals surface area contributed by atoms with Crippen LogP contribution in [0.15, 0.2) is 66.9 Å². The number of ketones is 1. The molecule has 196 valence electrons. The van der Waals surface area contributed by atoms with Gasteiger partial charge in [-0.3, -0.25) is 14.4 Å². The van der Waals surface area contributed by atoms with Crippen LogP contribution in [0.1, 0.15) is 27.5 Å². The molecular weight excluding hydrogens is 500 g/mol. The number of carbonyl (C=O) groups excluding carboxylic acids is 3. The summed E-state index contributed by atoms with van der Waals surface area (Å²) in [5.41, 5.74) is 2.63. The molecule has 0 radical (unpaired) electrons. The third kappa shape index (κ3) is 3.29.